The minimum Gasteiger partial charge on any atom is -0.394 e. The Morgan fingerprint density at radius 2 is 2.22 bits per heavy atom. The van der Waals surface area contributed by atoms with E-state index in [4.69, 9.17) is 0 Å². The van der Waals surface area contributed by atoms with E-state index in [1.54, 1.807) is 6.92 Å². The zero-order valence-corrected chi connectivity index (χ0v) is 10.4. The molecule has 0 saturated heterocycles. The van der Waals surface area contributed by atoms with Gasteiger partial charge < -0.3 is 10.4 Å². The van der Waals surface area contributed by atoms with Crippen LogP contribution in [0.4, 0.5) is 10.1 Å². The standard InChI is InChI=1S/C12H17FN2O3/c1-3-12(2,8-16)14-7-9-6-10(13)4-5-11(9)15(17)18/h4-6,14,16H,3,7-8H2,1-2H3. The van der Waals surface area contributed by atoms with Gasteiger partial charge in [-0.1, -0.05) is 6.92 Å². The number of hydrogen-bond donors (Lipinski definition) is 2. The van der Waals surface area contributed by atoms with Crippen molar-refractivity contribution in [1.29, 1.82) is 0 Å². The maximum Gasteiger partial charge on any atom is 0.274 e. The second-order valence-electron chi connectivity index (χ2n) is 4.46. The Kier molecular flexibility index (Phi) is 4.75. The summed E-state index contributed by atoms with van der Waals surface area (Å²) in [4.78, 5) is 10.3. The molecule has 1 atom stereocenters. The molecule has 0 spiro atoms. The van der Waals surface area contributed by atoms with Gasteiger partial charge in [0.25, 0.3) is 5.69 Å². The van der Waals surface area contributed by atoms with Crippen LogP contribution < -0.4 is 5.32 Å². The van der Waals surface area contributed by atoms with E-state index < -0.39 is 16.3 Å². The Balaban J connectivity index is 2.90. The lowest BCUT2D eigenvalue weighted by molar-refractivity contribution is -0.385. The van der Waals surface area contributed by atoms with Crippen LogP contribution >= 0.6 is 0 Å². The minimum atomic E-state index is -0.543. The highest BCUT2D eigenvalue weighted by Gasteiger charge is 2.22. The molecule has 0 amide bonds. The van der Waals surface area contributed by atoms with Gasteiger partial charge in [-0.05, 0) is 25.5 Å². The second-order valence-corrected chi connectivity index (χ2v) is 4.46. The Morgan fingerprint density at radius 1 is 1.56 bits per heavy atom. The van der Waals surface area contributed by atoms with Crippen LogP contribution in [0.25, 0.3) is 0 Å². The van der Waals surface area contributed by atoms with E-state index in [1.807, 2.05) is 6.92 Å². The summed E-state index contributed by atoms with van der Waals surface area (Å²) in [6, 6.07) is 3.35. The van der Waals surface area contributed by atoms with Crippen LogP contribution in [0.15, 0.2) is 18.2 Å². The lowest BCUT2D eigenvalue weighted by Gasteiger charge is -2.27. The fourth-order valence-electron chi connectivity index (χ4n) is 1.48. The average Bonchev–Trinajstić information content (AvgIpc) is 2.35. The van der Waals surface area contributed by atoms with Crippen LogP contribution in [0.1, 0.15) is 25.8 Å². The first kappa shape index (κ1) is 14.5. The molecule has 0 bridgehead atoms. The monoisotopic (exact) mass is 256 g/mol. The molecule has 6 heteroatoms. The Morgan fingerprint density at radius 3 is 2.72 bits per heavy atom. The predicted octanol–water partition coefficient (Wildman–Crippen LogP) is 1.98. The molecule has 0 aliphatic rings. The fourth-order valence-corrected chi connectivity index (χ4v) is 1.48. The van der Waals surface area contributed by atoms with E-state index >= 15 is 0 Å². The summed E-state index contributed by atoms with van der Waals surface area (Å²) in [5, 5.41) is 23.0. The second kappa shape index (κ2) is 5.88. The Hall–Kier alpha value is -1.53. The van der Waals surface area contributed by atoms with Crippen molar-refractivity contribution >= 4 is 5.69 Å². The van der Waals surface area contributed by atoms with Gasteiger partial charge in [0.1, 0.15) is 5.82 Å². The number of benzene rings is 1. The van der Waals surface area contributed by atoms with Crippen LogP contribution in [-0.4, -0.2) is 22.2 Å². The van der Waals surface area contributed by atoms with E-state index in [9.17, 15) is 19.6 Å². The predicted molar refractivity (Wildman–Crippen MR) is 65.7 cm³/mol. The number of rotatable bonds is 6. The quantitative estimate of drug-likeness (QED) is 0.603. The lowest BCUT2D eigenvalue weighted by Crippen LogP contribution is -2.44. The largest absolute Gasteiger partial charge is 0.394 e. The number of halogens is 1. The van der Waals surface area contributed by atoms with E-state index in [2.05, 4.69) is 5.32 Å². The van der Waals surface area contributed by atoms with Crippen LogP contribution in [-0.2, 0) is 6.54 Å². The number of hydrogen-bond acceptors (Lipinski definition) is 4. The molecule has 5 nitrogen and oxygen atoms in total. The normalized spacial score (nSPS) is 14.2. The highest BCUT2D eigenvalue weighted by molar-refractivity contribution is 5.40. The van der Waals surface area contributed by atoms with Crippen LogP contribution in [0.2, 0.25) is 0 Å². The number of nitro groups is 1. The molecule has 0 fully saturated rings. The van der Waals surface area contributed by atoms with Gasteiger partial charge in [-0.3, -0.25) is 10.1 Å². The summed E-state index contributed by atoms with van der Waals surface area (Å²) in [5.41, 5.74) is -0.381. The molecule has 0 aliphatic carbocycles. The van der Waals surface area contributed by atoms with Gasteiger partial charge >= 0.3 is 0 Å². The fraction of sp³-hybridized carbons (Fsp3) is 0.500. The van der Waals surface area contributed by atoms with E-state index in [-0.39, 0.29) is 24.4 Å². The minimum absolute atomic E-state index is 0.0907. The summed E-state index contributed by atoms with van der Waals surface area (Å²) < 4.78 is 13.1. The summed E-state index contributed by atoms with van der Waals surface area (Å²) in [5.74, 6) is -0.514. The molecule has 0 heterocycles. The number of aliphatic hydroxyl groups excluding tert-OH is 1. The van der Waals surface area contributed by atoms with Crippen molar-refractivity contribution in [2.24, 2.45) is 0 Å². The third-order valence-corrected chi connectivity index (χ3v) is 3.07. The SMILES string of the molecule is CCC(C)(CO)NCc1cc(F)ccc1[N+](=O)[O-]. The third kappa shape index (κ3) is 3.48. The van der Waals surface area contributed by atoms with Crippen molar-refractivity contribution in [2.75, 3.05) is 6.61 Å². The maximum absolute atomic E-state index is 13.1. The lowest BCUT2D eigenvalue weighted by atomic mass is 9.99. The summed E-state index contributed by atoms with van der Waals surface area (Å²) in [6.45, 7) is 3.74. The number of nitrogens with zero attached hydrogens (tertiary/aromatic N) is 1. The number of aliphatic hydroxyl groups is 1. The molecule has 0 aliphatic heterocycles. The van der Waals surface area contributed by atoms with Gasteiger partial charge in [-0.25, -0.2) is 4.39 Å². The van der Waals surface area contributed by atoms with Crippen molar-refractivity contribution in [3.8, 4) is 0 Å². The van der Waals surface area contributed by atoms with Gasteiger partial charge in [0.05, 0.1) is 11.5 Å². The maximum atomic E-state index is 13.1. The van der Waals surface area contributed by atoms with Gasteiger partial charge in [-0.15, -0.1) is 0 Å². The summed E-state index contributed by atoms with van der Waals surface area (Å²) in [7, 11) is 0. The molecule has 18 heavy (non-hydrogen) atoms. The first-order valence-corrected chi connectivity index (χ1v) is 5.70. The van der Waals surface area contributed by atoms with Crippen LogP contribution in [0.5, 0.6) is 0 Å². The van der Waals surface area contributed by atoms with Crippen LogP contribution in [0.3, 0.4) is 0 Å². The van der Waals surface area contributed by atoms with Crippen molar-refractivity contribution in [2.45, 2.75) is 32.4 Å². The van der Waals surface area contributed by atoms with Gasteiger partial charge in [0.2, 0.25) is 0 Å². The number of nitro benzene ring substituents is 1. The molecule has 1 rings (SSSR count). The van der Waals surface area contributed by atoms with E-state index in [0.717, 1.165) is 18.2 Å². The Labute approximate surface area is 105 Å². The topological polar surface area (TPSA) is 75.4 Å². The highest BCUT2D eigenvalue weighted by Crippen LogP contribution is 2.20. The van der Waals surface area contributed by atoms with E-state index in [0.29, 0.717) is 6.42 Å². The van der Waals surface area contributed by atoms with Crippen molar-refractivity contribution in [3.05, 3.63) is 39.7 Å². The summed E-state index contributed by atoms with van der Waals surface area (Å²) in [6.07, 6.45) is 0.659. The van der Waals surface area contributed by atoms with Crippen molar-refractivity contribution < 1.29 is 14.4 Å². The molecule has 1 aromatic carbocycles. The molecule has 0 aromatic heterocycles. The average molecular weight is 256 g/mol. The molecule has 1 unspecified atom stereocenters. The zero-order valence-electron chi connectivity index (χ0n) is 10.4. The summed E-state index contributed by atoms with van der Waals surface area (Å²) >= 11 is 0. The van der Waals surface area contributed by atoms with Crippen molar-refractivity contribution in [3.63, 3.8) is 0 Å². The van der Waals surface area contributed by atoms with Gasteiger partial charge in [0, 0.05) is 23.7 Å². The smallest absolute Gasteiger partial charge is 0.274 e. The first-order chi connectivity index (χ1) is 8.41. The van der Waals surface area contributed by atoms with Crippen molar-refractivity contribution in [1.82, 2.24) is 5.32 Å². The number of nitrogens with one attached hydrogen (secondary N) is 1. The van der Waals surface area contributed by atoms with Gasteiger partial charge in [0.15, 0.2) is 0 Å². The highest BCUT2D eigenvalue weighted by atomic mass is 19.1. The molecule has 2 N–H and O–H groups in total. The molecule has 100 valence electrons. The molecular weight excluding hydrogens is 239 g/mol. The Bertz CT molecular complexity index is 433. The van der Waals surface area contributed by atoms with Crippen LogP contribution in [0, 0.1) is 15.9 Å². The molecule has 1 aromatic rings. The molecular formula is C12H17FN2O3. The third-order valence-electron chi connectivity index (χ3n) is 3.07. The zero-order chi connectivity index (χ0) is 13.8. The molecule has 0 radical (unpaired) electrons. The first-order valence-electron chi connectivity index (χ1n) is 5.70. The molecule has 0 saturated carbocycles. The van der Waals surface area contributed by atoms with E-state index in [1.165, 1.54) is 0 Å². The van der Waals surface area contributed by atoms with Gasteiger partial charge in [-0.2, -0.15) is 0 Å².